The summed E-state index contributed by atoms with van der Waals surface area (Å²) in [5.41, 5.74) is 4.60. The van der Waals surface area contributed by atoms with E-state index in [2.05, 4.69) is 46.4 Å². The van der Waals surface area contributed by atoms with Crippen LogP contribution in [0.4, 0.5) is 0 Å². The van der Waals surface area contributed by atoms with Crippen LogP contribution in [0.5, 0.6) is 0 Å². The van der Waals surface area contributed by atoms with Crippen LogP contribution < -0.4 is 0 Å². The highest BCUT2D eigenvalue weighted by Gasteiger charge is 2.01. The van der Waals surface area contributed by atoms with E-state index in [0.717, 1.165) is 11.1 Å². The Bertz CT molecular complexity index is 579. The summed E-state index contributed by atoms with van der Waals surface area (Å²) in [7, 11) is 0. The van der Waals surface area contributed by atoms with Crippen LogP contribution in [0.3, 0.4) is 0 Å². The molecule has 1 aromatic carbocycles. The molecule has 20 heavy (non-hydrogen) atoms. The largest absolute Gasteiger partial charge is 0.264 e. The van der Waals surface area contributed by atoms with Gasteiger partial charge < -0.3 is 0 Å². The summed E-state index contributed by atoms with van der Waals surface area (Å²) in [6.45, 7) is 4.00. The van der Waals surface area contributed by atoms with Crippen molar-refractivity contribution in [1.29, 1.82) is 0 Å². The number of aromatic nitrogens is 2. The van der Waals surface area contributed by atoms with Gasteiger partial charge in [-0.25, -0.2) is 0 Å². The molecule has 0 aliphatic carbocycles. The number of benzene rings is 1. The molecule has 2 nitrogen and oxygen atoms in total. The summed E-state index contributed by atoms with van der Waals surface area (Å²) in [5, 5.41) is 0. The molecule has 3 rings (SSSR count). The van der Waals surface area contributed by atoms with Crippen LogP contribution in [0.25, 0.3) is 22.3 Å². The molecule has 2 aromatic heterocycles. The fraction of sp³-hybridized carbons (Fsp3) is 0.111. The second-order valence-corrected chi connectivity index (χ2v) is 4.06. The van der Waals surface area contributed by atoms with Crippen LogP contribution >= 0.6 is 0 Å². The van der Waals surface area contributed by atoms with E-state index in [9.17, 15) is 0 Å². The molecule has 0 aliphatic heterocycles. The van der Waals surface area contributed by atoms with Crippen molar-refractivity contribution in [3.63, 3.8) is 0 Å². The van der Waals surface area contributed by atoms with E-state index in [1.807, 2.05) is 38.4 Å². The standard InChI is InChI=1S/C16H12N2.C2H6/c1-4-13(15-6-2-8-17-11-15)10-14(5-1)16-7-3-9-18-12-16;1-2/h1-12H;1-2H3. The molecule has 2 heteroatoms. The van der Waals surface area contributed by atoms with Gasteiger partial charge in [0, 0.05) is 35.9 Å². The topological polar surface area (TPSA) is 25.8 Å². The first-order chi connectivity index (χ1) is 9.93. The smallest absolute Gasteiger partial charge is 0.0346 e. The van der Waals surface area contributed by atoms with Crippen molar-refractivity contribution in [2.75, 3.05) is 0 Å². The SMILES string of the molecule is CC.c1cncc(-c2cccc(-c3cccnc3)c2)c1. The lowest BCUT2D eigenvalue weighted by Gasteiger charge is -2.05. The molecule has 0 radical (unpaired) electrons. The van der Waals surface area contributed by atoms with Gasteiger partial charge in [-0.05, 0) is 29.3 Å². The lowest BCUT2D eigenvalue weighted by Crippen LogP contribution is -1.82. The van der Waals surface area contributed by atoms with Crippen molar-refractivity contribution in [3.05, 3.63) is 73.3 Å². The van der Waals surface area contributed by atoms with Gasteiger partial charge in [-0.2, -0.15) is 0 Å². The molecular weight excluding hydrogens is 244 g/mol. The Hall–Kier alpha value is -2.48. The summed E-state index contributed by atoms with van der Waals surface area (Å²) in [6, 6.07) is 16.4. The van der Waals surface area contributed by atoms with E-state index in [0.29, 0.717) is 0 Å². The van der Waals surface area contributed by atoms with E-state index < -0.39 is 0 Å². The zero-order valence-electron chi connectivity index (χ0n) is 11.8. The van der Waals surface area contributed by atoms with Crippen molar-refractivity contribution < 1.29 is 0 Å². The van der Waals surface area contributed by atoms with E-state index in [-0.39, 0.29) is 0 Å². The first-order valence-electron chi connectivity index (χ1n) is 6.84. The Labute approximate surface area is 120 Å². The fourth-order valence-electron chi connectivity index (χ4n) is 1.95. The van der Waals surface area contributed by atoms with E-state index in [1.165, 1.54) is 11.1 Å². The van der Waals surface area contributed by atoms with E-state index in [4.69, 9.17) is 0 Å². The molecule has 0 saturated heterocycles. The molecule has 0 N–H and O–H groups in total. The molecule has 0 amide bonds. The van der Waals surface area contributed by atoms with Gasteiger partial charge in [-0.3, -0.25) is 9.97 Å². The molecule has 0 spiro atoms. The van der Waals surface area contributed by atoms with Crippen molar-refractivity contribution in [1.82, 2.24) is 9.97 Å². The predicted molar refractivity (Wildman–Crippen MR) is 84.3 cm³/mol. The first kappa shape index (κ1) is 13.9. The van der Waals surface area contributed by atoms with E-state index >= 15 is 0 Å². The highest BCUT2D eigenvalue weighted by Crippen LogP contribution is 2.25. The van der Waals surface area contributed by atoms with Crippen molar-refractivity contribution in [2.24, 2.45) is 0 Å². The summed E-state index contributed by atoms with van der Waals surface area (Å²) in [4.78, 5) is 8.30. The summed E-state index contributed by atoms with van der Waals surface area (Å²) in [6.07, 6.45) is 7.33. The van der Waals surface area contributed by atoms with E-state index in [1.54, 1.807) is 12.4 Å². The van der Waals surface area contributed by atoms with Gasteiger partial charge in [0.05, 0.1) is 0 Å². The second-order valence-electron chi connectivity index (χ2n) is 4.06. The molecule has 0 bridgehead atoms. The van der Waals surface area contributed by atoms with Crippen molar-refractivity contribution >= 4 is 0 Å². The van der Waals surface area contributed by atoms with Crippen LogP contribution in [-0.4, -0.2) is 9.97 Å². The highest BCUT2D eigenvalue weighted by atomic mass is 14.6. The Morgan fingerprint density at radius 1 is 0.600 bits per heavy atom. The number of hydrogen-bond acceptors (Lipinski definition) is 2. The predicted octanol–water partition coefficient (Wildman–Crippen LogP) is 4.84. The zero-order chi connectivity index (χ0) is 14.2. The van der Waals surface area contributed by atoms with Crippen LogP contribution in [-0.2, 0) is 0 Å². The van der Waals surface area contributed by atoms with Crippen LogP contribution in [0.2, 0.25) is 0 Å². The average Bonchev–Trinajstić information content (AvgIpc) is 2.58. The Kier molecular flexibility index (Phi) is 5.01. The Balaban J connectivity index is 0.000000704. The number of pyridine rings is 2. The molecule has 2 heterocycles. The summed E-state index contributed by atoms with van der Waals surface area (Å²) >= 11 is 0. The lowest BCUT2D eigenvalue weighted by molar-refractivity contribution is 1.32. The van der Waals surface area contributed by atoms with Gasteiger partial charge in [0.15, 0.2) is 0 Å². The molecule has 0 fully saturated rings. The Morgan fingerprint density at radius 3 is 1.45 bits per heavy atom. The van der Waals surface area contributed by atoms with Gasteiger partial charge in [0.2, 0.25) is 0 Å². The van der Waals surface area contributed by atoms with Crippen LogP contribution in [0.1, 0.15) is 13.8 Å². The Morgan fingerprint density at radius 2 is 1.05 bits per heavy atom. The molecule has 0 aliphatic rings. The molecule has 0 saturated carbocycles. The number of hydrogen-bond donors (Lipinski definition) is 0. The molecular formula is C18H18N2. The maximum absolute atomic E-state index is 4.15. The summed E-state index contributed by atoms with van der Waals surface area (Å²) in [5.74, 6) is 0. The molecule has 3 aromatic rings. The second kappa shape index (κ2) is 7.19. The minimum absolute atomic E-state index is 1.13. The maximum Gasteiger partial charge on any atom is 0.0346 e. The van der Waals surface area contributed by atoms with Crippen molar-refractivity contribution in [2.45, 2.75) is 13.8 Å². The van der Waals surface area contributed by atoms with Gasteiger partial charge in [0.1, 0.15) is 0 Å². The number of rotatable bonds is 2. The van der Waals surface area contributed by atoms with Crippen LogP contribution in [0, 0.1) is 0 Å². The number of nitrogens with zero attached hydrogens (tertiary/aromatic N) is 2. The average molecular weight is 262 g/mol. The first-order valence-corrected chi connectivity index (χ1v) is 6.84. The highest BCUT2D eigenvalue weighted by molar-refractivity contribution is 5.72. The van der Waals surface area contributed by atoms with Gasteiger partial charge in [-0.15, -0.1) is 0 Å². The zero-order valence-corrected chi connectivity index (χ0v) is 11.8. The minimum atomic E-state index is 1.13. The van der Waals surface area contributed by atoms with Crippen molar-refractivity contribution in [3.8, 4) is 22.3 Å². The molecule has 0 atom stereocenters. The third kappa shape index (κ3) is 3.29. The van der Waals surface area contributed by atoms with Gasteiger partial charge in [0.25, 0.3) is 0 Å². The monoisotopic (exact) mass is 262 g/mol. The van der Waals surface area contributed by atoms with Gasteiger partial charge in [-0.1, -0.05) is 44.2 Å². The third-order valence-electron chi connectivity index (χ3n) is 2.85. The lowest BCUT2D eigenvalue weighted by atomic mass is 10.0. The van der Waals surface area contributed by atoms with Crippen LogP contribution in [0.15, 0.2) is 73.3 Å². The van der Waals surface area contributed by atoms with Gasteiger partial charge >= 0.3 is 0 Å². The third-order valence-corrected chi connectivity index (χ3v) is 2.85. The molecule has 0 unspecified atom stereocenters. The maximum atomic E-state index is 4.15. The fourth-order valence-corrected chi connectivity index (χ4v) is 1.95. The summed E-state index contributed by atoms with van der Waals surface area (Å²) < 4.78 is 0. The minimum Gasteiger partial charge on any atom is -0.264 e. The normalized spacial score (nSPS) is 9.50. The molecule has 100 valence electrons. The quantitative estimate of drug-likeness (QED) is 0.660.